The molecule has 20 heavy (non-hydrogen) atoms. The highest BCUT2D eigenvalue weighted by molar-refractivity contribution is 6.32. The molecule has 1 heterocycles. The summed E-state index contributed by atoms with van der Waals surface area (Å²) in [6.07, 6.45) is 2.78. The zero-order valence-electron chi connectivity index (χ0n) is 11.2. The monoisotopic (exact) mass is 295 g/mol. The molecule has 0 amide bonds. The largest absolute Gasteiger partial charge is 0.506 e. The van der Waals surface area contributed by atoms with Gasteiger partial charge in [-0.1, -0.05) is 30.2 Å². The van der Waals surface area contributed by atoms with Crippen molar-refractivity contribution >= 4 is 17.6 Å². The number of carbonyl (C=O) groups is 1. The Kier molecular flexibility index (Phi) is 3.38. The van der Waals surface area contributed by atoms with E-state index in [0.717, 1.165) is 31.4 Å². The summed E-state index contributed by atoms with van der Waals surface area (Å²) < 4.78 is 0. The Hall–Kier alpha value is -1.26. The zero-order chi connectivity index (χ0) is 14.3. The van der Waals surface area contributed by atoms with Crippen LogP contribution >= 0.6 is 11.6 Å². The van der Waals surface area contributed by atoms with Gasteiger partial charge in [0.25, 0.3) is 0 Å². The summed E-state index contributed by atoms with van der Waals surface area (Å²) in [6, 6.07) is 5.20. The Bertz CT molecular complexity index is 548. The number of aromatic hydroxyl groups is 1. The van der Waals surface area contributed by atoms with Crippen LogP contribution in [0.3, 0.4) is 0 Å². The third kappa shape index (κ3) is 2.07. The normalized spacial score (nSPS) is 29.6. The van der Waals surface area contributed by atoms with Crippen LogP contribution in [-0.4, -0.2) is 34.2 Å². The number of carboxylic acid groups (broad SMARTS) is 1. The van der Waals surface area contributed by atoms with E-state index in [2.05, 4.69) is 4.90 Å². The van der Waals surface area contributed by atoms with Crippen LogP contribution in [0.4, 0.5) is 0 Å². The van der Waals surface area contributed by atoms with Crippen LogP contribution in [0, 0.1) is 11.3 Å². The average Bonchev–Trinajstić information content (AvgIpc) is 2.92. The van der Waals surface area contributed by atoms with Crippen molar-refractivity contribution < 1.29 is 15.0 Å². The first kappa shape index (κ1) is 13.7. The molecule has 2 aliphatic rings. The van der Waals surface area contributed by atoms with Gasteiger partial charge in [0.2, 0.25) is 0 Å². The first-order chi connectivity index (χ1) is 9.53. The second-order valence-corrected chi connectivity index (χ2v) is 6.35. The fourth-order valence-corrected chi connectivity index (χ4v) is 3.98. The molecule has 1 aromatic rings. The lowest BCUT2D eigenvalue weighted by atomic mass is 9.81. The number of phenolic OH excluding ortho intramolecular Hbond substituents is 1. The van der Waals surface area contributed by atoms with E-state index in [9.17, 15) is 15.0 Å². The molecule has 3 rings (SSSR count). The second kappa shape index (κ2) is 4.93. The minimum Gasteiger partial charge on any atom is -0.506 e. The molecule has 0 aromatic heterocycles. The highest BCUT2D eigenvalue weighted by Crippen LogP contribution is 2.49. The lowest BCUT2D eigenvalue weighted by molar-refractivity contribution is -0.149. The van der Waals surface area contributed by atoms with Gasteiger partial charge < -0.3 is 10.2 Å². The molecule has 5 heteroatoms. The van der Waals surface area contributed by atoms with Crippen molar-refractivity contribution in [3.63, 3.8) is 0 Å². The summed E-state index contributed by atoms with van der Waals surface area (Å²) in [5, 5.41) is 19.6. The quantitative estimate of drug-likeness (QED) is 0.900. The van der Waals surface area contributed by atoms with Crippen molar-refractivity contribution in [2.75, 3.05) is 13.1 Å². The fraction of sp³-hybridized carbons (Fsp3) is 0.533. The number of aliphatic carboxylic acids is 1. The SMILES string of the molecule is O=C(O)[C@@]12CCC[C@H]1CN(Cc1cccc(O)c1Cl)C2. The van der Waals surface area contributed by atoms with Gasteiger partial charge in [0.05, 0.1) is 10.4 Å². The van der Waals surface area contributed by atoms with E-state index < -0.39 is 11.4 Å². The Morgan fingerprint density at radius 2 is 2.30 bits per heavy atom. The van der Waals surface area contributed by atoms with Crippen LogP contribution < -0.4 is 0 Å². The van der Waals surface area contributed by atoms with Crippen molar-refractivity contribution in [2.24, 2.45) is 11.3 Å². The minimum absolute atomic E-state index is 0.0801. The molecule has 1 saturated heterocycles. The van der Waals surface area contributed by atoms with Gasteiger partial charge in [-0.05, 0) is 30.4 Å². The molecule has 2 atom stereocenters. The van der Waals surface area contributed by atoms with Crippen LogP contribution in [0.5, 0.6) is 5.75 Å². The molecule has 1 aliphatic carbocycles. The number of nitrogens with zero attached hydrogens (tertiary/aromatic N) is 1. The van der Waals surface area contributed by atoms with Gasteiger partial charge in [0.1, 0.15) is 5.75 Å². The lowest BCUT2D eigenvalue weighted by Crippen LogP contribution is -2.35. The van der Waals surface area contributed by atoms with E-state index in [0.29, 0.717) is 18.1 Å². The van der Waals surface area contributed by atoms with Crippen LogP contribution in [0.2, 0.25) is 5.02 Å². The van der Waals surface area contributed by atoms with E-state index in [1.54, 1.807) is 12.1 Å². The van der Waals surface area contributed by atoms with Gasteiger partial charge in [-0.2, -0.15) is 0 Å². The highest BCUT2D eigenvalue weighted by Gasteiger charge is 2.54. The summed E-state index contributed by atoms with van der Waals surface area (Å²) in [5.41, 5.74) is 0.288. The minimum atomic E-state index is -0.662. The molecule has 1 aromatic carbocycles. The summed E-state index contributed by atoms with van der Waals surface area (Å²) in [6.45, 7) is 1.98. The number of hydrogen-bond acceptors (Lipinski definition) is 3. The van der Waals surface area contributed by atoms with Crippen molar-refractivity contribution in [2.45, 2.75) is 25.8 Å². The van der Waals surface area contributed by atoms with Crippen LogP contribution in [0.15, 0.2) is 18.2 Å². The molecule has 108 valence electrons. The lowest BCUT2D eigenvalue weighted by Gasteiger charge is -2.23. The maximum absolute atomic E-state index is 11.6. The predicted molar refractivity (Wildman–Crippen MR) is 75.8 cm³/mol. The number of phenols is 1. The Morgan fingerprint density at radius 1 is 1.50 bits per heavy atom. The molecule has 0 bridgehead atoms. The molecule has 0 radical (unpaired) electrons. The smallest absolute Gasteiger partial charge is 0.311 e. The second-order valence-electron chi connectivity index (χ2n) is 5.97. The van der Waals surface area contributed by atoms with E-state index in [-0.39, 0.29) is 11.7 Å². The van der Waals surface area contributed by atoms with Gasteiger partial charge in [-0.3, -0.25) is 9.69 Å². The van der Waals surface area contributed by atoms with Crippen molar-refractivity contribution in [3.8, 4) is 5.75 Å². The molecular formula is C15H18ClNO3. The molecule has 4 nitrogen and oxygen atoms in total. The molecule has 0 spiro atoms. The number of carboxylic acids is 1. The number of benzene rings is 1. The zero-order valence-corrected chi connectivity index (χ0v) is 11.9. The van der Waals surface area contributed by atoms with Crippen molar-refractivity contribution in [1.29, 1.82) is 0 Å². The number of hydrogen-bond donors (Lipinski definition) is 2. The average molecular weight is 296 g/mol. The van der Waals surface area contributed by atoms with Crippen molar-refractivity contribution in [3.05, 3.63) is 28.8 Å². The molecule has 1 saturated carbocycles. The summed E-state index contributed by atoms with van der Waals surface area (Å²) in [7, 11) is 0. The topological polar surface area (TPSA) is 60.8 Å². The van der Waals surface area contributed by atoms with Gasteiger partial charge in [-0.25, -0.2) is 0 Å². The summed E-state index contributed by atoms with van der Waals surface area (Å²) >= 11 is 6.10. The van der Waals surface area contributed by atoms with E-state index in [1.807, 2.05) is 6.07 Å². The first-order valence-electron chi connectivity index (χ1n) is 6.95. The maximum Gasteiger partial charge on any atom is 0.311 e. The van der Waals surface area contributed by atoms with Crippen LogP contribution in [0.1, 0.15) is 24.8 Å². The molecular weight excluding hydrogens is 278 g/mol. The fourth-order valence-electron chi connectivity index (χ4n) is 3.79. The summed E-state index contributed by atoms with van der Waals surface area (Å²) in [4.78, 5) is 13.8. The number of likely N-dealkylation sites (tertiary alicyclic amines) is 1. The number of rotatable bonds is 3. The van der Waals surface area contributed by atoms with E-state index in [1.165, 1.54) is 0 Å². The Morgan fingerprint density at radius 3 is 3.00 bits per heavy atom. The molecule has 2 N–H and O–H groups in total. The van der Waals surface area contributed by atoms with Crippen LogP contribution in [0.25, 0.3) is 0 Å². The van der Waals surface area contributed by atoms with E-state index >= 15 is 0 Å². The van der Waals surface area contributed by atoms with Crippen LogP contribution in [-0.2, 0) is 11.3 Å². The van der Waals surface area contributed by atoms with Gasteiger partial charge in [0, 0.05) is 19.6 Å². The maximum atomic E-state index is 11.6. The molecule has 1 aliphatic heterocycles. The summed E-state index contributed by atoms with van der Waals surface area (Å²) in [5.74, 6) is -0.336. The number of halogens is 1. The third-order valence-corrected chi connectivity index (χ3v) is 5.26. The third-order valence-electron chi connectivity index (χ3n) is 4.82. The molecule has 0 unspecified atom stereocenters. The number of fused-ring (bicyclic) bond motifs is 1. The van der Waals surface area contributed by atoms with Gasteiger partial charge in [0.15, 0.2) is 0 Å². The van der Waals surface area contributed by atoms with Crippen molar-refractivity contribution in [1.82, 2.24) is 4.90 Å². The van der Waals surface area contributed by atoms with Gasteiger partial charge >= 0.3 is 5.97 Å². The van der Waals surface area contributed by atoms with E-state index in [4.69, 9.17) is 11.6 Å². The first-order valence-corrected chi connectivity index (χ1v) is 7.33. The standard InChI is InChI=1S/C15H18ClNO3/c16-13-10(3-1-5-12(13)18)7-17-8-11-4-2-6-15(11,9-17)14(19)20/h1,3,5,11,18H,2,4,6-9H2,(H,19,20)/t11-,15+/m0/s1. The Balaban J connectivity index is 1.78. The van der Waals surface area contributed by atoms with Gasteiger partial charge in [-0.15, -0.1) is 0 Å². The molecule has 2 fully saturated rings. The highest BCUT2D eigenvalue weighted by atomic mass is 35.5. The Labute approximate surface area is 123 Å². The predicted octanol–water partition coefficient (Wildman–Crippen LogP) is 2.73.